The Labute approximate surface area is 104 Å². The Morgan fingerprint density at radius 1 is 1.41 bits per heavy atom. The lowest BCUT2D eigenvalue weighted by Gasteiger charge is -2.05. The normalized spacial score (nSPS) is 11.9. The molecule has 0 atom stereocenters. The third-order valence-electron chi connectivity index (χ3n) is 3.00. The number of carbonyl (C=O) groups excluding carboxylic acids is 1. The van der Waals surface area contributed by atoms with Gasteiger partial charge in [0.05, 0.1) is 12.1 Å². The van der Waals surface area contributed by atoms with Gasteiger partial charge in [0.25, 0.3) is 0 Å². The van der Waals surface area contributed by atoms with Gasteiger partial charge >= 0.3 is 0 Å². The van der Waals surface area contributed by atoms with E-state index in [2.05, 4.69) is 18.9 Å². The summed E-state index contributed by atoms with van der Waals surface area (Å²) in [6.45, 7) is 8.89. The highest BCUT2D eigenvalue weighted by Crippen LogP contribution is 2.11. The van der Waals surface area contributed by atoms with Crippen molar-refractivity contribution in [1.29, 1.82) is 0 Å². The predicted octanol–water partition coefficient (Wildman–Crippen LogP) is 2.93. The number of rotatable bonds is 6. The number of hydrogen-bond acceptors (Lipinski definition) is 2. The van der Waals surface area contributed by atoms with Crippen LogP contribution in [0.1, 0.15) is 45.5 Å². The minimum absolute atomic E-state index is 0.215. The number of Topliss-reactive ketones (excluding diaryl/α,β-unsaturated/α-hetero) is 1. The van der Waals surface area contributed by atoms with Gasteiger partial charge in [-0.05, 0) is 38.3 Å². The minimum Gasteiger partial charge on any atom is -0.294 e. The van der Waals surface area contributed by atoms with E-state index in [1.165, 1.54) is 0 Å². The molecule has 3 heteroatoms. The minimum atomic E-state index is 0.215. The zero-order valence-corrected chi connectivity index (χ0v) is 11.3. The molecule has 94 valence electrons. The van der Waals surface area contributed by atoms with Crippen LogP contribution in [0.3, 0.4) is 0 Å². The fourth-order valence-electron chi connectivity index (χ4n) is 1.94. The van der Waals surface area contributed by atoms with Crippen molar-refractivity contribution in [2.24, 2.45) is 0 Å². The summed E-state index contributed by atoms with van der Waals surface area (Å²) in [5.74, 6) is 0.215. The number of nitrogens with zero attached hydrogens (tertiary/aromatic N) is 2. The van der Waals surface area contributed by atoms with Crippen molar-refractivity contribution in [3.63, 3.8) is 0 Å². The second kappa shape index (κ2) is 6.38. The van der Waals surface area contributed by atoms with E-state index in [0.717, 1.165) is 36.3 Å². The van der Waals surface area contributed by atoms with Crippen LogP contribution in [0, 0.1) is 0 Å². The Kier molecular flexibility index (Phi) is 5.13. The summed E-state index contributed by atoms with van der Waals surface area (Å²) < 4.78 is 1.93. The lowest BCUT2D eigenvalue weighted by atomic mass is 10.0. The van der Waals surface area contributed by atoms with Crippen LogP contribution in [-0.2, 0) is 24.2 Å². The molecule has 1 heterocycles. The number of carbonyl (C=O) groups is 1. The summed E-state index contributed by atoms with van der Waals surface area (Å²) in [6, 6.07) is 2.05. The molecule has 1 rings (SSSR count). The van der Waals surface area contributed by atoms with Crippen molar-refractivity contribution in [2.75, 3.05) is 0 Å². The van der Waals surface area contributed by atoms with E-state index in [0.29, 0.717) is 6.42 Å². The van der Waals surface area contributed by atoms with E-state index in [9.17, 15) is 4.79 Å². The van der Waals surface area contributed by atoms with E-state index in [1.54, 1.807) is 0 Å². The first kappa shape index (κ1) is 13.7. The quantitative estimate of drug-likeness (QED) is 0.709. The molecule has 0 bridgehead atoms. The molecule has 0 N–H and O–H groups in total. The van der Waals surface area contributed by atoms with Gasteiger partial charge in [-0.3, -0.25) is 9.48 Å². The number of aryl methyl sites for hydroxylation is 2. The lowest BCUT2D eigenvalue weighted by molar-refractivity contribution is -0.115. The highest BCUT2D eigenvalue weighted by molar-refractivity contribution is 5.96. The molecule has 0 radical (unpaired) electrons. The maximum Gasteiger partial charge on any atom is 0.164 e. The Morgan fingerprint density at radius 2 is 2.12 bits per heavy atom. The Bertz CT molecular complexity index is 416. The molecule has 0 saturated heterocycles. The topological polar surface area (TPSA) is 34.9 Å². The summed E-state index contributed by atoms with van der Waals surface area (Å²) in [5.41, 5.74) is 3.00. The van der Waals surface area contributed by atoms with E-state index in [4.69, 9.17) is 0 Å². The number of ketones is 1. The standard InChI is InChI=1S/C14H22N2O/c1-5-11(6-2)14(17)10-13-9-12(7-3)15-16(13)8-4/h5,9H,6-8,10H2,1-4H3. The Morgan fingerprint density at radius 3 is 2.59 bits per heavy atom. The molecule has 0 aromatic carbocycles. The summed E-state index contributed by atoms with van der Waals surface area (Å²) in [5, 5.41) is 4.46. The van der Waals surface area contributed by atoms with Gasteiger partial charge in [0.15, 0.2) is 5.78 Å². The van der Waals surface area contributed by atoms with Gasteiger partial charge in [0, 0.05) is 12.2 Å². The van der Waals surface area contributed by atoms with Crippen LogP contribution in [0.5, 0.6) is 0 Å². The van der Waals surface area contributed by atoms with Crippen LogP contribution in [0.4, 0.5) is 0 Å². The molecule has 0 spiro atoms. The van der Waals surface area contributed by atoms with Crippen LogP contribution in [0.2, 0.25) is 0 Å². The van der Waals surface area contributed by atoms with Crippen LogP contribution < -0.4 is 0 Å². The highest BCUT2D eigenvalue weighted by Gasteiger charge is 2.12. The molecule has 1 aromatic rings. The van der Waals surface area contributed by atoms with E-state index in [1.807, 2.05) is 30.7 Å². The van der Waals surface area contributed by atoms with E-state index < -0.39 is 0 Å². The summed E-state index contributed by atoms with van der Waals surface area (Å²) in [6.07, 6.45) is 4.10. The van der Waals surface area contributed by atoms with Crippen molar-refractivity contribution < 1.29 is 4.79 Å². The van der Waals surface area contributed by atoms with Crippen LogP contribution in [-0.4, -0.2) is 15.6 Å². The van der Waals surface area contributed by atoms with Gasteiger partial charge in [0.1, 0.15) is 0 Å². The third-order valence-corrected chi connectivity index (χ3v) is 3.00. The Hall–Kier alpha value is -1.38. The molecule has 0 amide bonds. The number of aromatic nitrogens is 2. The highest BCUT2D eigenvalue weighted by atomic mass is 16.1. The number of hydrogen-bond donors (Lipinski definition) is 0. The van der Waals surface area contributed by atoms with Gasteiger partial charge < -0.3 is 0 Å². The SMILES string of the molecule is CC=C(CC)C(=O)Cc1cc(CC)nn1CC. The molecule has 0 aliphatic rings. The average Bonchev–Trinajstić information content (AvgIpc) is 2.73. The molecular weight excluding hydrogens is 212 g/mol. The second-order valence-corrected chi connectivity index (χ2v) is 4.06. The molecule has 0 unspecified atom stereocenters. The van der Waals surface area contributed by atoms with E-state index in [-0.39, 0.29) is 5.78 Å². The predicted molar refractivity (Wildman–Crippen MR) is 70.0 cm³/mol. The van der Waals surface area contributed by atoms with Crippen molar-refractivity contribution in [3.05, 3.63) is 29.1 Å². The van der Waals surface area contributed by atoms with E-state index >= 15 is 0 Å². The zero-order valence-electron chi connectivity index (χ0n) is 11.3. The van der Waals surface area contributed by atoms with Crippen LogP contribution >= 0.6 is 0 Å². The third kappa shape index (κ3) is 3.29. The second-order valence-electron chi connectivity index (χ2n) is 4.06. The summed E-state index contributed by atoms with van der Waals surface area (Å²) in [7, 11) is 0. The summed E-state index contributed by atoms with van der Waals surface area (Å²) >= 11 is 0. The summed E-state index contributed by atoms with van der Waals surface area (Å²) in [4.78, 5) is 12.0. The molecule has 0 fully saturated rings. The Balaban J connectivity index is 2.87. The molecular formula is C14H22N2O. The molecule has 0 aliphatic carbocycles. The first-order chi connectivity index (χ1) is 8.15. The maximum absolute atomic E-state index is 12.0. The van der Waals surface area contributed by atoms with Crippen molar-refractivity contribution in [2.45, 2.75) is 53.5 Å². The van der Waals surface area contributed by atoms with Crippen LogP contribution in [0.25, 0.3) is 0 Å². The van der Waals surface area contributed by atoms with Gasteiger partial charge in [-0.25, -0.2) is 0 Å². The molecule has 17 heavy (non-hydrogen) atoms. The zero-order chi connectivity index (χ0) is 12.8. The smallest absolute Gasteiger partial charge is 0.164 e. The first-order valence-corrected chi connectivity index (χ1v) is 6.40. The first-order valence-electron chi connectivity index (χ1n) is 6.40. The van der Waals surface area contributed by atoms with Gasteiger partial charge in [-0.1, -0.05) is 19.9 Å². The average molecular weight is 234 g/mol. The lowest BCUT2D eigenvalue weighted by Crippen LogP contribution is -2.11. The van der Waals surface area contributed by atoms with Crippen molar-refractivity contribution in [1.82, 2.24) is 9.78 Å². The van der Waals surface area contributed by atoms with Crippen molar-refractivity contribution in [3.8, 4) is 0 Å². The molecule has 0 saturated carbocycles. The monoisotopic (exact) mass is 234 g/mol. The number of allylic oxidation sites excluding steroid dienone is 2. The van der Waals surface area contributed by atoms with Gasteiger partial charge in [-0.15, -0.1) is 0 Å². The molecule has 3 nitrogen and oxygen atoms in total. The van der Waals surface area contributed by atoms with Crippen molar-refractivity contribution >= 4 is 5.78 Å². The molecule has 0 aliphatic heterocycles. The molecule has 1 aromatic heterocycles. The fraction of sp³-hybridized carbons (Fsp3) is 0.571. The maximum atomic E-state index is 12.0. The van der Waals surface area contributed by atoms with Gasteiger partial charge in [-0.2, -0.15) is 5.10 Å². The van der Waals surface area contributed by atoms with Gasteiger partial charge in [0.2, 0.25) is 0 Å². The van der Waals surface area contributed by atoms with Crippen LogP contribution in [0.15, 0.2) is 17.7 Å². The fourth-order valence-corrected chi connectivity index (χ4v) is 1.94. The largest absolute Gasteiger partial charge is 0.294 e.